The van der Waals surface area contributed by atoms with Gasteiger partial charge in [0.25, 0.3) is 0 Å². The van der Waals surface area contributed by atoms with E-state index in [-0.39, 0.29) is 6.29 Å². The molecular formula is C20H29NO4Si. The molecule has 0 bridgehead atoms. The minimum absolute atomic E-state index is 0.162. The molecule has 0 aliphatic rings. The number of rotatable bonds is 8. The zero-order valence-electron chi connectivity index (χ0n) is 16.5. The number of aldehydes is 1. The summed E-state index contributed by atoms with van der Waals surface area (Å²) in [6.45, 7) is 14.2. The molecule has 6 heteroatoms. The van der Waals surface area contributed by atoms with Gasteiger partial charge in [-0.25, -0.2) is 4.79 Å². The fourth-order valence-corrected chi connectivity index (χ4v) is 9.58. The van der Waals surface area contributed by atoms with E-state index in [0.29, 0.717) is 29.0 Å². The summed E-state index contributed by atoms with van der Waals surface area (Å²) >= 11 is 0. The van der Waals surface area contributed by atoms with E-state index in [2.05, 4.69) is 46.5 Å². The van der Waals surface area contributed by atoms with E-state index in [4.69, 9.17) is 9.16 Å². The third-order valence-electron chi connectivity index (χ3n) is 5.21. The van der Waals surface area contributed by atoms with Gasteiger partial charge in [0.05, 0.1) is 6.61 Å². The number of ether oxygens (including phenoxy) is 1. The number of aromatic nitrogens is 1. The second kappa shape index (κ2) is 8.18. The van der Waals surface area contributed by atoms with Crippen LogP contribution in [0.3, 0.4) is 0 Å². The first kappa shape index (κ1) is 20.4. The maximum atomic E-state index is 11.2. The van der Waals surface area contributed by atoms with Gasteiger partial charge in [-0.05, 0) is 34.3 Å². The third-order valence-corrected chi connectivity index (χ3v) is 11.3. The van der Waals surface area contributed by atoms with Gasteiger partial charge in [0.15, 0.2) is 5.75 Å². The lowest BCUT2D eigenvalue weighted by atomic mass is 10.2. The molecule has 2 aromatic rings. The highest BCUT2D eigenvalue weighted by Gasteiger charge is 2.44. The van der Waals surface area contributed by atoms with Gasteiger partial charge in [0.2, 0.25) is 14.6 Å². The van der Waals surface area contributed by atoms with Gasteiger partial charge < -0.3 is 14.1 Å². The molecular weight excluding hydrogens is 346 g/mol. The summed E-state index contributed by atoms with van der Waals surface area (Å²) in [4.78, 5) is 24.7. The van der Waals surface area contributed by atoms with Gasteiger partial charge in [-0.3, -0.25) is 4.79 Å². The first-order chi connectivity index (χ1) is 12.2. The predicted octanol–water partition coefficient (Wildman–Crippen LogP) is 4.96. The number of esters is 1. The molecule has 0 aliphatic heterocycles. The molecule has 26 heavy (non-hydrogen) atoms. The van der Waals surface area contributed by atoms with Crippen LogP contribution in [0.15, 0.2) is 24.4 Å². The number of hydrogen-bond acceptors (Lipinski definition) is 4. The van der Waals surface area contributed by atoms with Crippen molar-refractivity contribution in [3.05, 3.63) is 30.0 Å². The van der Waals surface area contributed by atoms with Crippen LogP contribution in [-0.2, 0) is 20.6 Å². The molecule has 1 aromatic heterocycles. The van der Waals surface area contributed by atoms with Crippen LogP contribution in [0.5, 0.6) is 5.75 Å². The SMILES string of the molecule is CC(C)[Si](OCc1ccc2c(OC(=O)C=O)c[nH]c2c1)(C(C)C)C(C)C. The topological polar surface area (TPSA) is 68.4 Å². The molecule has 142 valence electrons. The van der Waals surface area contributed by atoms with E-state index in [1.165, 1.54) is 0 Å². The Morgan fingerprint density at radius 3 is 2.27 bits per heavy atom. The van der Waals surface area contributed by atoms with Crippen molar-refractivity contribution >= 4 is 31.5 Å². The summed E-state index contributed by atoms with van der Waals surface area (Å²) in [5, 5.41) is 0.768. The number of H-pyrrole nitrogens is 1. The summed E-state index contributed by atoms with van der Waals surface area (Å²) < 4.78 is 11.6. The Morgan fingerprint density at radius 1 is 1.12 bits per heavy atom. The van der Waals surface area contributed by atoms with Crippen LogP contribution in [0, 0.1) is 0 Å². The molecule has 0 atom stereocenters. The highest BCUT2D eigenvalue weighted by Crippen LogP contribution is 2.42. The molecule has 0 unspecified atom stereocenters. The summed E-state index contributed by atoms with van der Waals surface area (Å²) in [7, 11) is -1.92. The van der Waals surface area contributed by atoms with Crippen LogP contribution in [0.25, 0.3) is 10.9 Å². The summed E-state index contributed by atoms with van der Waals surface area (Å²) in [6, 6.07) is 5.88. The first-order valence-corrected chi connectivity index (χ1v) is 11.3. The molecule has 5 nitrogen and oxygen atoms in total. The molecule has 1 N–H and O–H groups in total. The molecule has 1 aromatic carbocycles. The third kappa shape index (κ3) is 3.91. The first-order valence-electron chi connectivity index (χ1n) is 9.13. The average molecular weight is 376 g/mol. The predicted molar refractivity (Wildman–Crippen MR) is 106 cm³/mol. The van der Waals surface area contributed by atoms with E-state index >= 15 is 0 Å². The molecule has 2 rings (SSSR count). The standard InChI is InChI=1S/C20H29NO4Si/c1-13(2)26(14(3)4,15(5)6)24-12-16-7-8-17-18(9-16)21-10-19(17)25-20(23)11-22/h7-11,13-15,21H,12H2,1-6H3. The number of carbonyl (C=O) groups is 2. The van der Waals surface area contributed by atoms with E-state index < -0.39 is 14.3 Å². The van der Waals surface area contributed by atoms with Crippen molar-refractivity contribution in [2.45, 2.75) is 64.8 Å². The van der Waals surface area contributed by atoms with Crippen LogP contribution in [0.1, 0.15) is 47.1 Å². The second-order valence-corrected chi connectivity index (χ2v) is 13.1. The van der Waals surface area contributed by atoms with Crippen LogP contribution < -0.4 is 4.74 Å². The van der Waals surface area contributed by atoms with Crippen LogP contribution >= 0.6 is 0 Å². The Balaban J connectivity index is 2.23. The van der Waals surface area contributed by atoms with Crippen molar-refractivity contribution in [1.29, 1.82) is 0 Å². The van der Waals surface area contributed by atoms with Crippen molar-refractivity contribution in [2.24, 2.45) is 0 Å². The average Bonchev–Trinajstić information content (AvgIpc) is 2.96. The molecule has 0 radical (unpaired) electrons. The molecule has 0 saturated carbocycles. The zero-order chi connectivity index (χ0) is 19.5. The molecule has 0 aliphatic carbocycles. The van der Waals surface area contributed by atoms with Crippen LogP contribution in [0.4, 0.5) is 0 Å². The van der Waals surface area contributed by atoms with Gasteiger partial charge >= 0.3 is 5.97 Å². The number of benzene rings is 1. The molecule has 0 amide bonds. The van der Waals surface area contributed by atoms with Crippen molar-refractivity contribution in [1.82, 2.24) is 4.98 Å². The number of nitrogens with one attached hydrogen (secondary N) is 1. The summed E-state index contributed by atoms with van der Waals surface area (Å²) in [5.74, 6) is -0.542. The number of aromatic amines is 1. The molecule has 0 spiro atoms. The lowest BCUT2D eigenvalue weighted by molar-refractivity contribution is -0.141. The number of fused-ring (bicyclic) bond motifs is 1. The Morgan fingerprint density at radius 2 is 1.73 bits per heavy atom. The van der Waals surface area contributed by atoms with Gasteiger partial charge in [0, 0.05) is 17.1 Å². The monoisotopic (exact) mass is 375 g/mol. The van der Waals surface area contributed by atoms with E-state index in [9.17, 15) is 9.59 Å². The Bertz CT molecular complexity index is 757. The lowest BCUT2D eigenvalue weighted by Gasteiger charge is -2.42. The molecule has 1 heterocycles. The lowest BCUT2D eigenvalue weighted by Crippen LogP contribution is -2.47. The zero-order valence-corrected chi connectivity index (χ0v) is 17.5. The van der Waals surface area contributed by atoms with Crippen LogP contribution in [0.2, 0.25) is 16.6 Å². The van der Waals surface area contributed by atoms with Crippen molar-refractivity contribution in [2.75, 3.05) is 0 Å². The number of hydrogen-bond donors (Lipinski definition) is 1. The maximum absolute atomic E-state index is 11.2. The highest BCUT2D eigenvalue weighted by atomic mass is 28.4. The Labute approximate surface area is 156 Å². The van der Waals surface area contributed by atoms with Crippen molar-refractivity contribution in [3.63, 3.8) is 0 Å². The van der Waals surface area contributed by atoms with Crippen LogP contribution in [-0.4, -0.2) is 25.6 Å². The van der Waals surface area contributed by atoms with Gasteiger partial charge in [-0.15, -0.1) is 0 Å². The summed E-state index contributed by atoms with van der Waals surface area (Å²) in [5.41, 5.74) is 3.53. The maximum Gasteiger partial charge on any atom is 0.376 e. The van der Waals surface area contributed by atoms with Gasteiger partial charge in [-0.1, -0.05) is 47.6 Å². The quantitative estimate of drug-likeness (QED) is 0.306. The Hall–Kier alpha value is -1.92. The number of carbonyl (C=O) groups excluding carboxylic acids is 2. The Kier molecular flexibility index (Phi) is 6.42. The second-order valence-electron chi connectivity index (χ2n) is 7.68. The fraction of sp³-hybridized carbons (Fsp3) is 0.500. The fourth-order valence-electron chi connectivity index (χ4n) is 4.16. The van der Waals surface area contributed by atoms with E-state index in [1.54, 1.807) is 6.20 Å². The highest BCUT2D eigenvalue weighted by molar-refractivity contribution is 6.77. The minimum atomic E-state index is -1.92. The van der Waals surface area contributed by atoms with E-state index in [1.807, 2.05) is 18.2 Å². The normalized spacial score (nSPS) is 12.3. The molecule has 0 saturated heterocycles. The van der Waals surface area contributed by atoms with Gasteiger partial charge in [0.1, 0.15) is 0 Å². The largest absolute Gasteiger partial charge is 0.419 e. The molecule has 0 fully saturated rings. The summed E-state index contributed by atoms with van der Waals surface area (Å²) in [6.07, 6.45) is 1.75. The van der Waals surface area contributed by atoms with Crippen molar-refractivity contribution in [3.8, 4) is 5.75 Å². The van der Waals surface area contributed by atoms with Gasteiger partial charge in [-0.2, -0.15) is 0 Å². The van der Waals surface area contributed by atoms with E-state index in [0.717, 1.165) is 16.5 Å². The smallest absolute Gasteiger partial charge is 0.376 e. The minimum Gasteiger partial charge on any atom is -0.419 e. The van der Waals surface area contributed by atoms with Crippen molar-refractivity contribution < 1.29 is 18.8 Å².